The molecule has 1 saturated heterocycles. The number of rotatable bonds is 4. The summed E-state index contributed by atoms with van der Waals surface area (Å²) in [7, 11) is 1.57. The van der Waals surface area contributed by atoms with Gasteiger partial charge in [-0.25, -0.2) is 4.79 Å². The van der Waals surface area contributed by atoms with Crippen LogP contribution in [0.1, 0.15) is 16.7 Å². The van der Waals surface area contributed by atoms with Crippen molar-refractivity contribution in [2.45, 2.75) is 6.42 Å². The molecule has 7 heteroatoms. The Morgan fingerprint density at radius 2 is 1.69 bits per heavy atom. The maximum absolute atomic E-state index is 12.0. The molecule has 1 heterocycles. The van der Waals surface area contributed by atoms with Gasteiger partial charge in [0.1, 0.15) is 11.3 Å². The average molecular weight is 415 g/mol. The fraction of sp³-hybridized carbons (Fsp3) is 0.105. The monoisotopic (exact) mass is 414 g/mol. The predicted octanol–water partition coefficient (Wildman–Crippen LogP) is 2.80. The molecule has 0 unspecified atom stereocenters. The fourth-order valence-corrected chi connectivity index (χ4v) is 3.04. The van der Waals surface area contributed by atoms with Crippen LogP contribution in [0.4, 0.5) is 4.79 Å². The largest absolute Gasteiger partial charge is 0.497 e. The first-order valence-electron chi connectivity index (χ1n) is 7.76. The van der Waals surface area contributed by atoms with Crippen LogP contribution in [0.15, 0.2) is 52.5 Å². The summed E-state index contributed by atoms with van der Waals surface area (Å²) in [5.74, 6) is -0.773. The minimum atomic E-state index is -0.819. The van der Waals surface area contributed by atoms with Gasteiger partial charge in [0.25, 0.3) is 11.8 Å². The Hall–Kier alpha value is -2.93. The second-order valence-electron chi connectivity index (χ2n) is 5.63. The molecule has 0 atom stereocenters. The van der Waals surface area contributed by atoms with Crippen LogP contribution in [0.5, 0.6) is 5.75 Å². The molecule has 1 fully saturated rings. The van der Waals surface area contributed by atoms with E-state index in [0.29, 0.717) is 17.7 Å². The van der Waals surface area contributed by atoms with Crippen LogP contribution in [0.3, 0.4) is 0 Å². The molecule has 3 rings (SSSR count). The molecule has 0 radical (unpaired) electrons. The van der Waals surface area contributed by atoms with Crippen molar-refractivity contribution in [1.82, 2.24) is 10.6 Å². The van der Waals surface area contributed by atoms with Gasteiger partial charge in [-0.2, -0.15) is 0 Å². The zero-order valence-electron chi connectivity index (χ0n) is 13.8. The minimum absolute atomic E-state index is 0.122. The summed E-state index contributed by atoms with van der Waals surface area (Å²) in [5, 5.41) is 4.14. The van der Waals surface area contributed by atoms with Crippen LogP contribution in [0.2, 0.25) is 0 Å². The average Bonchev–Trinajstić information content (AvgIpc) is 2.61. The van der Waals surface area contributed by atoms with E-state index in [1.54, 1.807) is 19.2 Å². The van der Waals surface area contributed by atoms with Crippen molar-refractivity contribution in [3.05, 3.63) is 69.2 Å². The summed E-state index contributed by atoms with van der Waals surface area (Å²) >= 11 is 3.53. The highest BCUT2D eigenvalue weighted by Crippen LogP contribution is 2.26. The van der Waals surface area contributed by atoms with Gasteiger partial charge >= 0.3 is 6.03 Å². The molecular formula is C19H15BrN2O4. The Morgan fingerprint density at radius 1 is 1.00 bits per heavy atom. The highest BCUT2D eigenvalue weighted by molar-refractivity contribution is 9.10. The molecule has 0 spiro atoms. The molecule has 1 aliphatic rings. The van der Waals surface area contributed by atoms with Gasteiger partial charge in [0, 0.05) is 4.47 Å². The van der Waals surface area contributed by atoms with Crippen LogP contribution in [0, 0.1) is 0 Å². The van der Waals surface area contributed by atoms with Crippen molar-refractivity contribution >= 4 is 39.9 Å². The first kappa shape index (κ1) is 17.9. The second-order valence-corrected chi connectivity index (χ2v) is 6.48. The zero-order valence-corrected chi connectivity index (χ0v) is 15.4. The zero-order chi connectivity index (χ0) is 18.7. The number of imide groups is 2. The number of barbiturate groups is 1. The standard InChI is InChI=1S/C19H15BrN2O4/c1-26-14-7-6-11(10-15-17(23)21-19(25)22-18(15)24)13(9-14)8-12-4-2-3-5-16(12)20/h2-7,9-10H,8H2,1H3,(H2,21,22,23,24,25). The second kappa shape index (κ2) is 7.53. The molecule has 26 heavy (non-hydrogen) atoms. The summed E-state index contributed by atoms with van der Waals surface area (Å²) in [5.41, 5.74) is 2.49. The van der Waals surface area contributed by atoms with Gasteiger partial charge < -0.3 is 4.74 Å². The lowest BCUT2D eigenvalue weighted by Gasteiger charge is -2.15. The molecule has 0 saturated carbocycles. The molecule has 0 aromatic heterocycles. The van der Waals surface area contributed by atoms with Crippen molar-refractivity contribution in [3.8, 4) is 5.75 Å². The summed E-state index contributed by atoms with van der Waals surface area (Å²) in [6.45, 7) is 0. The van der Waals surface area contributed by atoms with E-state index in [-0.39, 0.29) is 5.57 Å². The van der Waals surface area contributed by atoms with Crippen molar-refractivity contribution in [2.24, 2.45) is 0 Å². The lowest BCUT2D eigenvalue weighted by atomic mass is 9.97. The number of benzene rings is 2. The fourth-order valence-electron chi connectivity index (χ4n) is 2.61. The Bertz CT molecular complexity index is 915. The van der Waals surface area contributed by atoms with Crippen molar-refractivity contribution in [2.75, 3.05) is 7.11 Å². The number of amides is 4. The van der Waals surface area contributed by atoms with Gasteiger partial charge in [0.2, 0.25) is 0 Å². The number of carbonyl (C=O) groups is 3. The Labute approximate surface area is 158 Å². The highest BCUT2D eigenvalue weighted by atomic mass is 79.9. The van der Waals surface area contributed by atoms with Gasteiger partial charge in [0.15, 0.2) is 0 Å². The van der Waals surface area contributed by atoms with Crippen LogP contribution in [-0.4, -0.2) is 25.0 Å². The molecule has 1 aliphatic heterocycles. The summed E-state index contributed by atoms with van der Waals surface area (Å²) in [6.07, 6.45) is 2.04. The van der Waals surface area contributed by atoms with Gasteiger partial charge in [-0.3, -0.25) is 20.2 Å². The van der Waals surface area contributed by atoms with Crippen LogP contribution in [0.25, 0.3) is 6.08 Å². The van der Waals surface area contributed by atoms with E-state index >= 15 is 0 Å². The normalized spacial score (nSPS) is 13.9. The smallest absolute Gasteiger partial charge is 0.328 e. The van der Waals surface area contributed by atoms with E-state index < -0.39 is 17.8 Å². The number of urea groups is 1. The van der Waals surface area contributed by atoms with E-state index in [0.717, 1.165) is 15.6 Å². The van der Waals surface area contributed by atoms with Crippen molar-refractivity contribution in [1.29, 1.82) is 0 Å². The first-order valence-corrected chi connectivity index (χ1v) is 8.56. The van der Waals surface area contributed by atoms with Crippen LogP contribution < -0.4 is 15.4 Å². The molecule has 0 aliphatic carbocycles. The molecule has 0 bridgehead atoms. The maximum Gasteiger partial charge on any atom is 0.328 e. The number of hydrogen-bond donors (Lipinski definition) is 2. The van der Waals surface area contributed by atoms with Gasteiger partial charge in [-0.15, -0.1) is 0 Å². The molecule has 2 aromatic carbocycles. The Morgan fingerprint density at radius 3 is 2.35 bits per heavy atom. The molecular weight excluding hydrogens is 400 g/mol. The number of carbonyl (C=O) groups excluding carboxylic acids is 3. The molecule has 4 amide bonds. The Balaban J connectivity index is 2.03. The third-order valence-corrected chi connectivity index (χ3v) is 4.71. The lowest BCUT2D eigenvalue weighted by molar-refractivity contribution is -0.123. The molecule has 2 aromatic rings. The number of hydrogen-bond acceptors (Lipinski definition) is 4. The first-order chi connectivity index (χ1) is 12.5. The number of methoxy groups -OCH3 is 1. The van der Waals surface area contributed by atoms with E-state index in [2.05, 4.69) is 26.6 Å². The minimum Gasteiger partial charge on any atom is -0.497 e. The highest BCUT2D eigenvalue weighted by Gasteiger charge is 2.27. The summed E-state index contributed by atoms with van der Waals surface area (Å²) < 4.78 is 6.25. The summed E-state index contributed by atoms with van der Waals surface area (Å²) in [4.78, 5) is 35.1. The topological polar surface area (TPSA) is 84.5 Å². The number of nitrogens with one attached hydrogen (secondary N) is 2. The van der Waals surface area contributed by atoms with Crippen LogP contribution >= 0.6 is 15.9 Å². The van der Waals surface area contributed by atoms with Gasteiger partial charge in [-0.1, -0.05) is 40.2 Å². The van der Waals surface area contributed by atoms with E-state index in [1.165, 1.54) is 6.08 Å². The van der Waals surface area contributed by atoms with Gasteiger partial charge in [0.05, 0.1) is 7.11 Å². The third-order valence-electron chi connectivity index (χ3n) is 3.93. The van der Waals surface area contributed by atoms with Crippen molar-refractivity contribution in [3.63, 3.8) is 0 Å². The number of halogens is 1. The van der Waals surface area contributed by atoms with Crippen molar-refractivity contribution < 1.29 is 19.1 Å². The van der Waals surface area contributed by atoms with E-state index in [1.807, 2.05) is 30.3 Å². The third kappa shape index (κ3) is 3.83. The van der Waals surface area contributed by atoms with Gasteiger partial charge in [-0.05, 0) is 47.4 Å². The molecule has 6 nitrogen and oxygen atoms in total. The van der Waals surface area contributed by atoms with Crippen LogP contribution in [-0.2, 0) is 16.0 Å². The van der Waals surface area contributed by atoms with E-state index in [9.17, 15) is 14.4 Å². The maximum atomic E-state index is 12.0. The summed E-state index contributed by atoms with van der Waals surface area (Å²) in [6, 6.07) is 12.4. The Kier molecular flexibility index (Phi) is 5.18. The SMILES string of the molecule is COc1ccc(C=C2C(=O)NC(=O)NC2=O)c(Cc2ccccc2Br)c1. The quantitative estimate of drug-likeness (QED) is 0.594. The molecule has 132 valence electrons. The van der Waals surface area contributed by atoms with E-state index in [4.69, 9.17) is 4.74 Å². The predicted molar refractivity (Wildman–Crippen MR) is 99.6 cm³/mol. The number of ether oxygens (including phenoxy) is 1. The molecule has 2 N–H and O–H groups in total. The lowest BCUT2D eigenvalue weighted by Crippen LogP contribution is -2.51.